The number of hydrogen-bond acceptors (Lipinski definition) is 12. The standard InChI is InChI=1S/C30H59N3O12/c1-5-27(37)31-21-43-15-24(34)9-12-40-18-30(8-4,19-41-13-10-25(35)16-44-22-32-28(38)6-2)20-42-14-11-26(36)17-45-23-33-29(39)7-3/h24-26,34-36H,5-23H2,1-4H3,(H,31,37)(H,32,38)(H,33,39). The number of aliphatic hydroxyl groups is 3. The smallest absolute Gasteiger partial charge is 0.221 e. The summed E-state index contributed by atoms with van der Waals surface area (Å²) in [5, 5.41) is 38.2. The zero-order valence-electron chi connectivity index (χ0n) is 27.7. The Morgan fingerprint density at radius 2 is 0.822 bits per heavy atom. The number of nitrogens with one attached hydrogen (secondary N) is 3. The van der Waals surface area contributed by atoms with E-state index in [1.807, 2.05) is 6.92 Å². The van der Waals surface area contributed by atoms with Crippen molar-refractivity contribution in [1.29, 1.82) is 0 Å². The van der Waals surface area contributed by atoms with E-state index in [1.165, 1.54) is 0 Å². The summed E-state index contributed by atoms with van der Waals surface area (Å²) in [5.74, 6) is -0.393. The number of aliphatic hydroxyl groups excluding tert-OH is 3. The molecule has 3 unspecified atom stereocenters. The van der Waals surface area contributed by atoms with E-state index < -0.39 is 23.7 Å². The molecule has 0 saturated carbocycles. The van der Waals surface area contributed by atoms with Crippen LogP contribution < -0.4 is 16.0 Å². The molecule has 0 aliphatic rings. The third-order valence-electron chi connectivity index (χ3n) is 6.77. The SMILES string of the molecule is CCC(=O)NCOCC(O)CCOCC(CC)(COCCC(O)COCNC(=O)CC)COCCC(O)COCNC(=O)CC. The van der Waals surface area contributed by atoms with Crippen LogP contribution in [0.15, 0.2) is 0 Å². The summed E-state index contributed by atoms with van der Waals surface area (Å²) in [4.78, 5) is 33.8. The molecule has 0 heterocycles. The van der Waals surface area contributed by atoms with Gasteiger partial charge < -0.3 is 59.7 Å². The molecule has 6 N–H and O–H groups in total. The summed E-state index contributed by atoms with van der Waals surface area (Å²) in [5.41, 5.74) is -0.524. The summed E-state index contributed by atoms with van der Waals surface area (Å²) in [6.45, 7) is 9.15. The molecule has 0 bridgehead atoms. The van der Waals surface area contributed by atoms with Gasteiger partial charge in [0.15, 0.2) is 0 Å². The fourth-order valence-corrected chi connectivity index (χ4v) is 3.56. The molecule has 45 heavy (non-hydrogen) atoms. The normalized spacial score (nSPS) is 14.7. The van der Waals surface area contributed by atoms with Crippen LogP contribution in [0.4, 0.5) is 0 Å². The van der Waals surface area contributed by atoms with E-state index in [4.69, 9.17) is 28.4 Å². The molecule has 0 radical (unpaired) electrons. The van der Waals surface area contributed by atoms with Crippen LogP contribution in [0.5, 0.6) is 0 Å². The zero-order valence-corrected chi connectivity index (χ0v) is 27.7. The first-order chi connectivity index (χ1) is 21.6. The first-order valence-corrected chi connectivity index (χ1v) is 15.9. The van der Waals surface area contributed by atoms with E-state index >= 15 is 0 Å². The van der Waals surface area contributed by atoms with Crippen molar-refractivity contribution in [3.63, 3.8) is 0 Å². The second kappa shape index (κ2) is 28.3. The van der Waals surface area contributed by atoms with Gasteiger partial charge in [-0.25, -0.2) is 0 Å². The van der Waals surface area contributed by atoms with Gasteiger partial charge in [-0.1, -0.05) is 27.7 Å². The van der Waals surface area contributed by atoms with Crippen LogP contribution in [0.2, 0.25) is 0 Å². The summed E-state index contributed by atoms with van der Waals surface area (Å²) in [6, 6.07) is 0. The summed E-state index contributed by atoms with van der Waals surface area (Å²) in [7, 11) is 0. The summed E-state index contributed by atoms with van der Waals surface area (Å²) >= 11 is 0. The minimum absolute atomic E-state index is 0.0324. The Kier molecular flexibility index (Phi) is 27.1. The van der Waals surface area contributed by atoms with Crippen LogP contribution in [-0.2, 0) is 42.8 Å². The van der Waals surface area contributed by atoms with Gasteiger partial charge in [-0.15, -0.1) is 0 Å². The molecular weight excluding hydrogens is 594 g/mol. The van der Waals surface area contributed by atoms with Gasteiger partial charge in [0.25, 0.3) is 0 Å². The average Bonchev–Trinajstić information content (AvgIpc) is 3.04. The quantitative estimate of drug-likeness (QED) is 0.0439. The molecule has 0 fully saturated rings. The van der Waals surface area contributed by atoms with Crippen molar-refractivity contribution < 1.29 is 58.1 Å². The minimum atomic E-state index is -0.759. The maximum atomic E-state index is 11.3. The highest BCUT2D eigenvalue weighted by Crippen LogP contribution is 2.24. The molecule has 0 aliphatic heterocycles. The predicted octanol–water partition coefficient (Wildman–Crippen LogP) is 0.187. The van der Waals surface area contributed by atoms with Gasteiger partial charge in [0.05, 0.1) is 58.0 Å². The molecule has 0 aromatic heterocycles. The van der Waals surface area contributed by atoms with Gasteiger partial charge >= 0.3 is 0 Å². The number of carbonyl (C=O) groups excluding carboxylic acids is 3. The fraction of sp³-hybridized carbons (Fsp3) is 0.900. The monoisotopic (exact) mass is 653 g/mol. The highest BCUT2D eigenvalue weighted by Gasteiger charge is 2.30. The molecule has 0 saturated heterocycles. The lowest BCUT2D eigenvalue weighted by molar-refractivity contribution is -0.123. The Morgan fingerprint density at radius 1 is 0.533 bits per heavy atom. The van der Waals surface area contributed by atoms with Crippen LogP contribution >= 0.6 is 0 Å². The Hall–Kier alpha value is -1.95. The van der Waals surface area contributed by atoms with Gasteiger partial charge in [-0.05, 0) is 25.7 Å². The van der Waals surface area contributed by atoms with Crippen molar-refractivity contribution in [2.24, 2.45) is 5.41 Å². The van der Waals surface area contributed by atoms with E-state index in [0.717, 1.165) is 0 Å². The molecule has 0 aliphatic carbocycles. The van der Waals surface area contributed by atoms with Gasteiger partial charge in [0.1, 0.15) is 20.2 Å². The lowest BCUT2D eigenvalue weighted by Crippen LogP contribution is -2.38. The van der Waals surface area contributed by atoms with Crippen molar-refractivity contribution in [3.05, 3.63) is 0 Å². The second-order valence-corrected chi connectivity index (χ2v) is 10.7. The maximum absolute atomic E-state index is 11.3. The number of rotatable bonds is 31. The molecule has 15 heteroatoms. The molecule has 0 rings (SSSR count). The Morgan fingerprint density at radius 3 is 1.07 bits per heavy atom. The first kappa shape index (κ1) is 43.0. The fourth-order valence-electron chi connectivity index (χ4n) is 3.56. The lowest BCUT2D eigenvalue weighted by Gasteiger charge is -2.32. The topological polar surface area (TPSA) is 203 Å². The van der Waals surface area contributed by atoms with E-state index in [-0.39, 0.29) is 97.4 Å². The highest BCUT2D eigenvalue weighted by molar-refractivity contribution is 5.75. The predicted molar refractivity (Wildman–Crippen MR) is 165 cm³/mol. The molecule has 15 nitrogen and oxygen atoms in total. The van der Waals surface area contributed by atoms with Gasteiger partial charge in [0, 0.05) is 44.5 Å². The zero-order chi connectivity index (χ0) is 33.8. The Balaban J connectivity index is 4.67. The van der Waals surface area contributed by atoms with Crippen molar-refractivity contribution in [2.45, 2.75) is 91.0 Å². The Bertz CT molecular complexity index is 669. The molecule has 3 atom stereocenters. The van der Waals surface area contributed by atoms with Crippen molar-refractivity contribution in [2.75, 3.05) is 79.7 Å². The van der Waals surface area contributed by atoms with E-state index in [1.54, 1.807) is 20.8 Å². The van der Waals surface area contributed by atoms with Gasteiger partial charge in [-0.3, -0.25) is 14.4 Å². The van der Waals surface area contributed by atoms with Crippen LogP contribution in [-0.4, -0.2) is 131 Å². The molecular formula is C30H59N3O12. The summed E-state index contributed by atoms with van der Waals surface area (Å²) < 4.78 is 33.6. The third-order valence-corrected chi connectivity index (χ3v) is 6.77. The number of carbonyl (C=O) groups is 3. The Labute approximate surface area is 268 Å². The number of hydrogen-bond donors (Lipinski definition) is 6. The van der Waals surface area contributed by atoms with Gasteiger partial charge in [-0.2, -0.15) is 0 Å². The second-order valence-electron chi connectivity index (χ2n) is 10.7. The first-order valence-electron chi connectivity index (χ1n) is 15.9. The number of ether oxygens (including phenoxy) is 6. The molecule has 266 valence electrons. The van der Waals surface area contributed by atoms with Crippen molar-refractivity contribution in [3.8, 4) is 0 Å². The van der Waals surface area contributed by atoms with Crippen LogP contribution in [0.3, 0.4) is 0 Å². The van der Waals surface area contributed by atoms with Crippen molar-refractivity contribution >= 4 is 17.7 Å². The molecule has 0 aromatic carbocycles. The van der Waals surface area contributed by atoms with Crippen LogP contribution in [0.1, 0.15) is 72.6 Å². The van der Waals surface area contributed by atoms with Crippen LogP contribution in [0, 0.1) is 5.41 Å². The van der Waals surface area contributed by atoms with E-state index in [9.17, 15) is 29.7 Å². The highest BCUT2D eigenvalue weighted by atomic mass is 16.5. The number of amides is 3. The van der Waals surface area contributed by atoms with Crippen LogP contribution in [0.25, 0.3) is 0 Å². The molecule has 0 spiro atoms. The molecule has 0 aromatic rings. The van der Waals surface area contributed by atoms with E-state index in [2.05, 4.69) is 16.0 Å². The van der Waals surface area contributed by atoms with Gasteiger partial charge in [0.2, 0.25) is 17.7 Å². The lowest BCUT2D eigenvalue weighted by atomic mass is 9.88. The average molecular weight is 654 g/mol. The third kappa shape index (κ3) is 24.9. The molecule has 3 amide bonds. The minimum Gasteiger partial charge on any atom is -0.391 e. The summed E-state index contributed by atoms with van der Waals surface area (Å²) in [6.07, 6.45) is 0.446. The largest absolute Gasteiger partial charge is 0.391 e. The maximum Gasteiger partial charge on any atom is 0.221 e. The van der Waals surface area contributed by atoms with Crippen molar-refractivity contribution in [1.82, 2.24) is 16.0 Å². The van der Waals surface area contributed by atoms with E-state index in [0.29, 0.717) is 44.9 Å².